The van der Waals surface area contributed by atoms with E-state index in [-0.39, 0.29) is 30.9 Å². The monoisotopic (exact) mass is 1050 g/mol. The highest BCUT2D eigenvalue weighted by Crippen LogP contribution is 2.39. The fourth-order valence-electron chi connectivity index (χ4n) is 9.38. The first kappa shape index (κ1) is 53.1. The van der Waals surface area contributed by atoms with E-state index >= 15 is 0 Å². The van der Waals surface area contributed by atoms with Crippen molar-refractivity contribution >= 4 is 25.6 Å². The Morgan fingerprint density at radius 3 is 1.05 bits per heavy atom. The fraction of sp³-hybridized carbons (Fsp3) is 0.222. The minimum absolute atomic E-state index is 0.133. The van der Waals surface area contributed by atoms with Crippen molar-refractivity contribution < 1.29 is 40.6 Å². The van der Waals surface area contributed by atoms with Gasteiger partial charge < -0.3 is 28.7 Å². The number of benzene rings is 8. The Hall–Kier alpha value is -7.71. The Morgan fingerprint density at radius 2 is 0.724 bits per heavy atom. The first-order chi connectivity index (χ1) is 36.4. The number of hydrogen-bond donors (Lipinski definition) is 0. The number of sulfone groups is 2. The molecule has 1 heterocycles. The zero-order chi connectivity index (χ0) is 53.7. The summed E-state index contributed by atoms with van der Waals surface area (Å²) in [6.07, 6.45) is 1.10. The van der Waals surface area contributed by atoms with Crippen molar-refractivity contribution in [1.82, 2.24) is 9.80 Å². The van der Waals surface area contributed by atoms with Crippen LogP contribution in [0.2, 0.25) is 0 Å². The molecule has 11 nitrogen and oxygen atoms in total. The molecule has 1 atom stereocenters. The Balaban J connectivity index is 0.784. The van der Waals surface area contributed by atoms with Gasteiger partial charge in [0.1, 0.15) is 40.2 Å². The van der Waals surface area contributed by atoms with Crippen LogP contribution in [0.1, 0.15) is 61.4 Å². The smallest absolute Gasteiger partial charge is 0.222 e. The number of nitrogens with zero attached hydrogens (tertiary/aromatic N) is 2. The number of hydrogen-bond acceptors (Lipinski definition) is 10. The van der Waals surface area contributed by atoms with Crippen LogP contribution in [-0.4, -0.2) is 72.9 Å². The highest BCUT2D eigenvalue weighted by Gasteiger charge is 2.32. The summed E-state index contributed by atoms with van der Waals surface area (Å²) in [5, 5.41) is 0. The zero-order valence-electron chi connectivity index (χ0n) is 43.6. The SMILES string of the molecule is COc1ccc(S(=O)(=O)c2ccc(Oc3ccc(C(C)(C)c4ccc(Oc5ccc(S(=O)(=O)c6ccc(Oc7ccc(C(C)(CCC(=O)N8CCN(C)CC8)c8ccc(C)cc8)cc7)cc6)cc5)cc4)cc3)cc2)cc1. The van der Waals surface area contributed by atoms with E-state index in [2.05, 4.69) is 63.9 Å². The van der Waals surface area contributed by atoms with Gasteiger partial charge in [-0.25, -0.2) is 16.8 Å². The van der Waals surface area contributed by atoms with E-state index in [0.717, 1.165) is 48.4 Å². The number of piperazine rings is 1. The lowest BCUT2D eigenvalue weighted by Gasteiger charge is -2.35. The summed E-state index contributed by atoms with van der Waals surface area (Å²) in [6.45, 7) is 11.8. The number of ether oxygens (including phenoxy) is 4. The lowest BCUT2D eigenvalue weighted by Crippen LogP contribution is -2.47. The summed E-state index contributed by atoms with van der Waals surface area (Å²) in [7, 11) is -3.93. The third kappa shape index (κ3) is 11.9. The third-order valence-corrected chi connectivity index (χ3v) is 18.1. The Morgan fingerprint density at radius 1 is 0.434 bits per heavy atom. The predicted octanol–water partition coefficient (Wildman–Crippen LogP) is 13.2. The minimum atomic E-state index is -3.85. The summed E-state index contributed by atoms with van der Waals surface area (Å²) >= 11 is 0. The van der Waals surface area contributed by atoms with Gasteiger partial charge in [0.15, 0.2) is 0 Å². The standard InChI is InChI=1S/C63H62N2O9S2/c1-45-7-9-48(10-8-45)63(4,40-39-61(66)65-43-41-64(5)42-44-65)49-15-21-53(22-16-49)74-56-29-37-60(38-30-56)76(69,70)59-35-27-55(28-36-59)73-52-19-13-47(14-20-52)62(2,3)46-11-17-51(18-12-46)72-54-25-33-58(34-26-54)75(67,68)57-31-23-50(71-6)24-32-57/h7-38H,39-44H2,1-6H3. The van der Waals surface area contributed by atoms with E-state index in [1.54, 1.807) is 60.7 Å². The molecule has 0 aromatic heterocycles. The highest BCUT2D eigenvalue weighted by molar-refractivity contribution is 7.91. The number of carbonyl (C=O) groups excluding carboxylic acids is 1. The number of rotatable bonds is 18. The van der Waals surface area contributed by atoms with Gasteiger partial charge in [-0.15, -0.1) is 0 Å². The molecule has 76 heavy (non-hydrogen) atoms. The van der Waals surface area contributed by atoms with Gasteiger partial charge in [-0.3, -0.25) is 4.79 Å². The van der Waals surface area contributed by atoms with Crippen LogP contribution >= 0.6 is 0 Å². The summed E-state index contributed by atoms with van der Waals surface area (Å²) in [4.78, 5) is 18.2. The highest BCUT2D eigenvalue weighted by atomic mass is 32.2. The van der Waals surface area contributed by atoms with Crippen molar-refractivity contribution in [2.45, 2.75) is 70.9 Å². The molecule has 0 saturated carbocycles. The largest absolute Gasteiger partial charge is 0.497 e. The summed E-state index contributed by atoms with van der Waals surface area (Å²) in [5.41, 5.74) is 4.71. The van der Waals surface area contributed by atoms with Gasteiger partial charge in [-0.05, 0) is 176 Å². The Labute approximate surface area is 447 Å². The van der Waals surface area contributed by atoms with Crippen molar-refractivity contribution in [3.8, 4) is 40.2 Å². The van der Waals surface area contributed by atoms with E-state index in [4.69, 9.17) is 18.9 Å². The van der Waals surface area contributed by atoms with Gasteiger partial charge in [0.2, 0.25) is 25.6 Å². The van der Waals surface area contributed by atoms with Gasteiger partial charge >= 0.3 is 0 Å². The van der Waals surface area contributed by atoms with Crippen LogP contribution in [0, 0.1) is 6.92 Å². The van der Waals surface area contributed by atoms with E-state index in [1.807, 2.05) is 77.7 Å². The molecule has 390 valence electrons. The van der Waals surface area contributed by atoms with Crippen molar-refractivity contribution in [3.63, 3.8) is 0 Å². The molecule has 1 aliphatic rings. The molecule has 8 aromatic carbocycles. The van der Waals surface area contributed by atoms with Crippen molar-refractivity contribution in [2.24, 2.45) is 0 Å². The maximum absolute atomic E-state index is 13.7. The molecule has 13 heteroatoms. The molecule has 1 aliphatic heterocycles. The molecule has 0 N–H and O–H groups in total. The topological polar surface area (TPSA) is 129 Å². The van der Waals surface area contributed by atoms with E-state index in [0.29, 0.717) is 53.1 Å². The Bertz CT molecular complexity index is 3490. The van der Waals surface area contributed by atoms with Gasteiger partial charge in [-0.1, -0.05) is 87.0 Å². The Kier molecular flexibility index (Phi) is 15.6. The fourth-order valence-corrected chi connectivity index (χ4v) is 11.9. The van der Waals surface area contributed by atoms with Crippen LogP contribution in [0.3, 0.4) is 0 Å². The van der Waals surface area contributed by atoms with E-state index in [1.165, 1.54) is 49.1 Å². The molecule has 0 aliphatic carbocycles. The molecule has 1 amide bonds. The number of carbonyl (C=O) groups is 1. The van der Waals surface area contributed by atoms with Crippen LogP contribution in [0.15, 0.2) is 214 Å². The molecule has 1 unspecified atom stereocenters. The molecule has 0 radical (unpaired) electrons. The number of amides is 1. The second-order valence-electron chi connectivity index (χ2n) is 20.0. The molecule has 1 fully saturated rings. The molecule has 8 aromatic rings. The number of aryl methyl sites for hydroxylation is 1. The third-order valence-electron chi connectivity index (χ3n) is 14.5. The second-order valence-corrected chi connectivity index (χ2v) is 23.9. The van der Waals surface area contributed by atoms with Gasteiger partial charge in [0.25, 0.3) is 0 Å². The van der Waals surface area contributed by atoms with Crippen LogP contribution in [-0.2, 0) is 35.3 Å². The molecular formula is C63H62N2O9S2. The molecular weight excluding hydrogens is 993 g/mol. The van der Waals surface area contributed by atoms with Crippen LogP contribution in [0.4, 0.5) is 0 Å². The minimum Gasteiger partial charge on any atom is -0.497 e. The van der Waals surface area contributed by atoms with E-state index < -0.39 is 25.1 Å². The summed E-state index contributed by atoms with van der Waals surface area (Å²) < 4.78 is 77.4. The zero-order valence-corrected chi connectivity index (χ0v) is 45.2. The van der Waals surface area contributed by atoms with Crippen molar-refractivity contribution in [2.75, 3.05) is 40.3 Å². The van der Waals surface area contributed by atoms with E-state index in [9.17, 15) is 21.6 Å². The van der Waals surface area contributed by atoms with Gasteiger partial charge in [0.05, 0.1) is 26.7 Å². The van der Waals surface area contributed by atoms with Crippen molar-refractivity contribution in [3.05, 3.63) is 222 Å². The lowest BCUT2D eigenvalue weighted by atomic mass is 9.72. The van der Waals surface area contributed by atoms with Crippen LogP contribution in [0.25, 0.3) is 0 Å². The van der Waals surface area contributed by atoms with Crippen LogP contribution < -0.4 is 18.9 Å². The molecule has 1 saturated heterocycles. The normalized spacial score (nSPS) is 14.1. The molecule has 0 bridgehead atoms. The summed E-state index contributed by atoms with van der Waals surface area (Å²) in [6, 6.07) is 57.4. The van der Waals surface area contributed by atoms with Gasteiger partial charge in [-0.2, -0.15) is 0 Å². The molecule has 9 rings (SSSR count). The average Bonchev–Trinajstić information content (AvgIpc) is 3.45. The second kappa shape index (κ2) is 22.2. The number of likely N-dealkylation sites (N-methyl/N-ethyl adjacent to an activating group) is 1. The maximum atomic E-state index is 13.7. The van der Waals surface area contributed by atoms with Crippen LogP contribution in [0.5, 0.6) is 40.2 Å². The average molecular weight is 1060 g/mol. The predicted molar refractivity (Wildman–Crippen MR) is 296 cm³/mol. The molecule has 0 spiro atoms. The quantitative estimate of drug-likeness (QED) is 0.0819. The maximum Gasteiger partial charge on any atom is 0.222 e. The van der Waals surface area contributed by atoms with Crippen molar-refractivity contribution in [1.29, 1.82) is 0 Å². The summed E-state index contributed by atoms with van der Waals surface area (Å²) in [5.74, 6) is 4.06. The number of methoxy groups -OCH3 is 1. The first-order valence-electron chi connectivity index (χ1n) is 25.2. The van der Waals surface area contributed by atoms with Gasteiger partial charge in [0, 0.05) is 43.4 Å². The first-order valence-corrected chi connectivity index (χ1v) is 28.2. The lowest BCUT2D eigenvalue weighted by molar-refractivity contribution is -0.133.